The Hall–Kier alpha value is -2.23. The first kappa shape index (κ1) is 21.1. The van der Waals surface area contributed by atoms with Crippen molar-refractivity contribution in [3.05, 3.63) is 35.9 Å². The van der Waals surface area contributed by atoms with Crippen LogP contribution in [0.15, 0.2) is 30.3 Å². The molecule has 0 unspecified atom stereocenters. The fourth-order valence-electron chi connectivity index (χ4n) is 3.18. The fraction of sp³-hybridized carbons (Fsp3) is 0.522. The van der Waals surface area contributed by atoms with Gasteiger partial charge in [-0.25, -0.2) is 0 Å². The summed E-state index contributed by atoms with van der Waals surface area (Å²) in [5.74, 6) is 0.441. The summed E-state index contributed by atoms with van der Waals surface area (Å²) in [6.07, 6.45) is 8.91. The largest absolute Gasteiger partial charge is 0.506 e. The molecule has 0 aliphatic carbocycles. The molecule has 1 amide bonds. The van der Waals surface area contributed by atoms with Crippen molar-refractivity contribution in [2.24, 2.45) is 0 Å². The van der Waals surface area contributed by atoms with E-state index in [0.717, 1.165) is 31.1 Å². The van der Waals surface area contributed by atoms with Crippen molar-refractivity contribution in [3.63, 3.8) is 0 Å². The third-order valence-electron chi connectivity index (χ3n) is 4.79. The number of hydrogen-bond acceptors (Lipinski definition) is 3. The summed E-state index contributed by atoms with van der Waals surface area (Å²) in [6, 6.07) is 9.20. The summed E-state index contributed by atoms with van der Waals surface area (Å²) >= 11 is 0. The Labute approximate surface area is 162 Å². The highest BCUT2D eigenvalue weighted by Gasteiger charge is 2.17. The molecule has 2 aromatic rings. The molecule has 0 radical (unpaired) electrons. The van der Waals surface area contributed by atoms with Crippen molar-refractivity contribution in [3.8, 4) is 11.5 Å². The second kappa shape index (κ2) is 11.5. The summed E-state index contributed by atoms with van der Waals surface area (Å²) in [6.45, 7) is 5.59. The Morgan fingerprint density at radius 2 is 1.63 bits per heavy atom. The van der Waals surface area contributed by atoms with Gasteiger partial charge >= 0.3 is 0 Å². The van der Waals surface area contributed by atoms with Crippen LogP contribution in [0.4, 0.5) is 0 Å². The van der Waals surface area contributed by atoms with E-state index in [0.29, 0.717) is 24.3 Å². The summed E-state index contributed by atoms with van der Waals surface area (Å²) in [5.41, 5.74) is 0.285. The number of rotatable bonds is 12. The lowest BCUT2D eigenvalue weighted by Crippen LogP contribution is -2.24. The normalized spacial score (nSPS) is 10.9. The van der Waals surface area contributed by atoms with Crippen LogP contribution in [0.1, 0.15) is 75.6 Å². The molecule has 0 saturated heterocycles. The minimum atomic E-state index is -0.245. The van der Waals surface area contributed by atoms with Gasteiger partial charge in [0.1, 0.15) is 11.5 Å². The van der Waals surface area contributed by atoms with Crippen LogP contribution in [-0.4, -0.2) is 24.2 Å². The Bertz CT molecular complexity index is 727. The number of carbonyl (C=O) groups excluding carboxylic acids is 1. The maximum atomic E-state index is 12.6. The predicted molar refractivity (Wildman–Crippen MR) is 112 cm³/mol. The molecule has 0 atom stereocenters. The number of carbonyl (C=O) groups is 1. The zero-order valence-corrected chi connectivity index (χ0v) is 16.7. The van der Waals surface area contributed by atoms with Crippen LogP contribution in [-0.2, 0) is 0 Å². The Morgan fingerprint density at radius 3 is 2.33 bits per heavy atom. The van der Waals surface area contributed by atoms with Crippen LogP contribution in [0.2, 0.25) is 0 Å². The standard InChI is InChI=1S/C23H33NO3/c1-3-5-7-11-15-24-23(26)20-17-21(27-16-12-8-6-4-2)18-13-9-10-14-19(18)22(20)25/h9-10,13-14,17,25H,3-8,11-12,15-16H2,1-2H3,(H,24,26). The first-order chi connectivity index (χ1) is 13.2. The van der Waals surface area contributed by atoms with Crippen LogP contribution in [0.3, 0.4) is 0 Å². The van der Waals surface area contributed by atoms with Gasteiger partial charge in [-0.1, -0.05) is 76.6 Å². The van der Waals surface area contributed by atoms with E-state index in [1.807, 2.05) is 24.3 Å². The number of phenols is 1. The van der Waals surface area contributed by atoms with Gasteiger partial charge in [-0.2, -0.15) is 0 Å². The van der Waals surface area contributed by atoms with Gasteiger partial charge in [-0.3, -0.25) is 4.79 Å². The zero-order valence-electron chi connectivity index (χ0n) is 16.7. The van der Waals surface area contributed by atoms with Gasteiger partial charge in [0.15, 0.2) is 0 Å². The quantitative estimate of drug-likeness (QED) is 0.463. The number of amides is 1. The molecule has 0 aliphatic heterocycles. The highest BCUT2D eigenvalue weighted by Crippen LogP contribution is 2.36. The fourth-order valence-corrected chi connectivity index (χ4v) is 3.18. The van der Waals surface area contributed by atoms with Crippen LogP contribution in [0, 0.1) is 0 Å². The summed E-state index contributed by atoms with van der Waals surface area (Å²) in [4.78, 5) is 12.6. The van der Waals surface area contributed by atoms with Crippen molar-refractivity contribution in [2.45, 2.75) is 65.2 Å². The second-order valence-corrected chi connectivity index (χ2v) is 7.04. The highest BCUT2D eigenvalue weighted by molar-refractivity contribution is 6.05. The topological polar surface area (TPSA) is 58.6 Å². The minimum absolute atomic E-state index is 0.0231. The molecule has 4 heteroatoms. The Kier molecular flexibility index (Phi) is 8.96. The van der Waals surface area contributed by atoms with Crippen molar-refractivity contribution < 1.29 is 14.6 Å². The molecule has 0 spiro atoms. The van der Waals surface area contributed by atoms with Crippen LogP contribution < -0.4 is 10.1 Å². The van der Waals surface area contributed by atoms with Crippen LogP contribution in [0.25, 0.3) is 10.8 Å². The number of hydrogen-bond donors (Lipinski definition) is 2. The molecule has 27 heavy (non-hydrogen) atoms. The van der Waals surface area contributed by atoms with Gasteiger partial charge in [-0.15, -0.1) is 0 Å². The number of nitrogens with one attached hydrogen (secondary N) is 1. The molecule has 2 aromatic carbocycles. The number of benzene rings is 2. The van der Waals surface area contributed by atoms with Gasteiger partial charge in [-0.05, 0) is 18.9 Å². The maximum Gasteiger partial charge on any atom is 0.255 e. The molecule has 2 rings (SSSR count). The van der Waals surface area contributed by atoms with Gasteiger partial charge < -0.3 is 15.2 Å². The average molecular weight is 372 g/mol. The molecule has 148 valence electrons. The number of unbranched alkanes of at least 4 members (excludes halogenated alkanes) is 6. The van der Waals surface area contributed by atoms with Crippen LogP contribution in [0.5, 0.6) is 11.5 Å². The minimum Gasteiger partial charge on any atom is -0.506 e. The van der Waals surface area contributed by atoms with E-state index in [4.69, 9.17) is 4.74 Å². The van der Waals surface area contributed by atoms with E-state index in [1.54, 1.807) is 6.07 Å². The molecule has 0 saturated carbocycles. The molecule has 0 fully saturated rings. The van der Waals surface area contributed by atoms with E-state index >= 15 is 0 Å². The lowest BCUT2D eigenvalue weighted by atomic mass is 10.0. The summed E-state index contributed by atoms with van der Waals surface area (Å²) < 4.78 is 5.98. The smallest absolute Gasteiger partial charge is 0.255 e. The average Bonchev–Trinajstić information content (AvgIpc) is 2.69. The summed E-state index contributed by atoms with van der Waals surface area (Å²) in [7, 11) is 0. The first-order valence-corrected chi connectivity index (χ1v) is 10.3. The monoisotopic (exact) mass is 371 g/mol. The predicted octanol–water partition coefficient (Wildman–Crippen LogP) is 5.81. The van der Waals surface area contributed by atoms with E-state index in [-0.39, 0.29) is 17.2 Å². The zero-order chi connectivity index (χ0) is 19.5. The van der Waals surface area contributed by atoms with Crippen molar-refractivity contribution in [2.75, 3.05) is 13.2 Å². The molecule has 0 bridgehead atoms. The maximum absolute atomic E-state index is 12.6. The Balaban J connectivity index is 2.13. The molecular weight excluding hydrogens is 338 g/mol. The molecule has 0 aromatic heterocycles. The third-order valence-corrected chi connectivity index (χ3v) is 4.79. The van der Waals surface area contributed by atoms with Crippen molar-refractivity contribution in [1.29, 1.82) is 0 Å². The molecule has 0 aliphatic rings. The van der Waals surface area contributed by atoms with Gasteiger partial charge in [0, 0.05) is 17.3 Å². The van der Waals surface area contributed by atoms with E-state index in [2.05, 4.69) is 19.2 Å². The second-order valence-electron chi connectivity index (χ2n) is 7.04. The number of phenolic OH excluding ortho intramolecular Hbond substituents is 1. The third kappa shape index (κ3) is 6.16. The van der Waals surface area contributed by atoms with Crippen molar-refractivity contribution >= 4 is 16.7 Å². The lowest BCUT2D eigenvalue weighted by Gasteiger charge is -2.14. The molecule has 2 N–H and O–H groups in total. The van der Waals surface area contributed by atoms with Gasteiger partial charge in [0.25, 0.3) is 5.91 Å². The van der Waals surface area contributed by atoms with E-state index < -0.39 is 0 Å². The number of fused-ring (bicyclic) bond motifs is 1. The van der Waals surface area contributed by atoms with E-state index in [9.17, 15) is 9.90 Å². The highest BCUT2D eigenvalue weighted by atomic mass is 16.5. The summed E-state index contributed by atoms with van der Waals surface area (Å²) in [5, 5.41) is 15.0. The van der Waals surface area contributed by atoms with Crippen LogP contribution >= 0.6 is 0 Å². The number of aromatic hydroxyl groups is 1. The lowest BCUT2D eigenvalue weighted by molar-refractivity contribution is 0.0950. The van der Waals surface area contributed by atoms with Crippen molar-refractivity contribution in [1.82, 2.24) is 5.32 Å². The van der Waals surface area contributed by atoms with Gasteiger partial charge in [0.2, 0.25) is 0 Å². The SMILES string of the molecule is CCCCCCNC(=O)c1cc(OCCCCCC)c2ccccc2c1O. The molecule has 4 nitrogen and oxygen atoms in total. The number of ether oxygens (including phenoxy) is 1. The van der Waals surface area contributed by atoms with E-state index in [1.165, 1.54) is 25.7 Å². The molecule has 0 heterocycles. The first-order valence-electron chi connectivity index (χ1n) is 10.3. The molecular formula is C23H33NO3. The Morgan fingerprint density at radius 1 is 0.963 bits per heavy atom. The van der Waals surface area contributed by atoms with Gasteiger partial charge in [0.05, 0.1) is 12.2 Å².